The first-order valence-electron chi connectivity index (χ1n) is 4.95. The summed E-state index contributed by atoms with van der Waals surface area (Å²) in [7, 11) is 0. The first kappa shape index (κ1) is 10.5. The Bertz CT molecular complexity index is 494. The van der Waals surface area contributed by atoms with E-state index in [0.717, 1.165) is 0 Å². The van der Waals surface area contributed by atoms with Crippen LogP contribution in [0.15, 0.2) is 42.5 Å². The van der Waals surface area contributed by atoms with E-state index >= 15 is 0 Å². The molecule has 0 fully saturated rings. The third-order valence-electron chi connectivity index (χ3n) is 2.26. The lowest BCUT2D eigenvalue weighted by atomic mass is 10.2. The van der Waals surface area contributed by atoms with Gasteiger partial charge in [-0.1, -0.05) is 12.1 Å². The molecule has 0 radical (unpaired) electrons. The second-order valence-electron chi connectivity index (χ2n) is 3.56. The van der Waals surface area contributed by atoms with Crippen LogP contribution in [0, 0.1) is 12.7 Å². The highest BCUT2D eigenvalue weighted by molar-refractivity contribution is 5.43. The van der Waals surface area contributed by atoms with Crippen LogP contribution in [-0.4, -0.2) is 0 Å². The molecule has 2 rings (SSSR count). The summed E-state index contributed by atoms with van der Waals surface area (Å²) in [6.07, 6.45) is 0. The van der Waals surface area contributed by atoms with Gasteiger partial charge < -0.3 is 10.5 Å². The molecule has 82 valence electrons. The summed E-state index contributed by atoms with van der Waals surface area (Å²) in [5.74, 6) is 0.461. The first-order valence-corrected chi connectivity index (χ1v) is 4.95. The Kier molecular flexibility index (Phi) is 2.77. The Morgan fingerprint density at radius 2 is 1.75 bits per heavy atom. The summed E-state index contributed by atoms with van der Waals surface area (Å²) in [6.45, 7) is 1.70. The second kappa shape index (κ2) is 4.23. The van der Waals surface area contributed by atoms with Crippen LogP contribution in [0.5, 0.6) is 11.5 Å². The van der Waals surface area contributed by atoms with Crippen LogP contribution in [0.2, 0.25) is 0 Å². The van der Waals surface area contributed by atoms with Gasteiger partial charge in [0.05, 0.1) is 0 Å². The smallest absolute Gasteiger partial charge is 0.168 e. The fraction of sp³-hybridized carbons (Fsp3) is 0.0769. The summed E-state index contributed by atoms with van der Waals surface area (Å²) >= 11 is 0. The lowest BCUT2D eigenvalue weighted by Crippen LogP contribution is -1.91. The van der Waals surface area contributed by atoms with Gasteiger partial charge in [-0.3, -0.25) is 0 Å². The normalized spacial score (nSPS) is 10.1. The van der Waals surface area contributed by atoms with E-state index in [1.54, 1.807) is 49.4 Å². The Balaban J connectivity index is 2.27. The molecule has 3 heteroatoms. The van der Waals surface area contributed by atoms with Crippen molar-refractivity contribution < 1.29 is 9.13 Å². The molecular weight excluding hydrogens is 205 g/mol. The van der Waals surface area contributed by atoms with Crippen molar-refractivity contribution in [1.82, 2.24) is 0 Å². The van der Waals surface area contributed by atoms with Gasteiger partial charge in [-0.25, -0.2) is 4.39 Å². The molecule has 0 atom stereocenters. The molecule has 0 spiro atoms. The molecule has 0 amide bonds. The zero-order valence-corrected chi connectivity index (χ0v) is 8.91. The molecule has 2 aromatic rings. The number of ether oxygens (including phenoxy) is 1. The summed E-state index contributed by atoms with van der Waals surface area (Å²) in [5.41, 5.74) is 6.76. The molecule has 16 heavy (non-hydrogen) atoms. The van der Waals surface area contributed by atoms with E-state index in [2.05, 4.69) is 0 Å². The van der Waals surface area contributed by atoms with Gasteiger partial charge in [0.15, 0.2) is 11.6 Å². The average molecular weight is 217 g/mol. The number of hydrogen-bond donors (Lipinski definition) is 1. The molecule has 2 nitrogen and oxygen atoms in total. The summed E-state index contributed by atoms with van der Waals surface area (Å²) < 4.78 is 19.0. The van der Waals surface area contributed by atoms with Crippen LogP contribution in [0.4, 0.5) is 10.1 Å². The number of aryl methyl sites for hydroxylation is 1. The van der Waals surface area contributed by atoms with Crippen molar-refractivity contribution in [3.8, 4) is 11.5 Å². The number of benzene rings is 2. The van der Waals surface area contributed by atoms with Gasteiger partial charge >= 0.3 is 0 Å². The van der Waals surface area contributed by atoms with Crippen molar-refractivity contribution in [3.63, 3.8) is 0 Å². The largest absolute Gasteiger partial charge is 0.454 e. The number of nitrogen functional groups attached to an aromatic ring is 1. The Labute approximate surface area is 93.5 Å². The highest BCUT2D eigenvalue weighted by Crippen LogP contribution is 2.26. The molecule has 0 aromatic heterocycles. The van der Waals surface area contributed by atoms with Gasteiger partial charge in [0.25, 0.3) is 0 Å². The van der Waals surface area contributed by atoms with Crippen LogP contribution in [-0.2, 0) is 0 Å². The fourth-order valence-corrected chi connectivity index (χ4v) is 1.36. The minimum atomic E-state index is -0.334. The molecule has 2 aromatic carbocycles. The lowest BCUT2D eigenvalue weighted by molar-refractivity contribution is 0.440. The van der Waals surface area contributed by atoms with E-state index in [1.807, 2.05) is 0 Å². The maximum absolute atomic E-state index is 13.6. The van der Waals surface area contributed by atoms with Crippen LogP contribution < -0.4 is 10.5 Å². The Hall–Kier alpha value is -2.03. The van der Waals surface area contributed by atoms with E-state index < -0.39 is 0 Å². The number of hydrogen-bond acceptors (Lipinski definition) is 2. The summed E-state index contributed by atoms with van der Waals surface area (Å²) in [4.78, 5) is 0. The van der Waals surface area contributed by atoms with Gasteiger partial charge in [0, 0.05) is 5.69 Å². The van der Waals surface area contributed by atoms with Crippen LogP contribution in [0.3, 0.4) is 0 Å². The van der Waals surface area contributed by atoms with Crippen LogP contribution in [0.1, 0.15) is 5.56 Å². The molecule has 0 saturated heterocycles. The zero-order valence-electron chi connectivity index (χ0n) is 8.91. The number of nitrogens with two attached hydrogens (primary N) is 1. The van der Waals surface area contributed by atoms with Gasteiger partial charge in [0.1, 0.15) is 5.75 Å². The molecule has 0 saturated carbocycles. The minimum absolute atomic E-state index is 0.227. The number of rotatable bonds is 2. The van der Waals surface area contributed by atoms with Gasteiger partial charge in [-0.2, -0.15) is 0 Å². The molecule has 0 heterocycles. The molecule has 0 aliphatic rings. The molecule has 0 bridgehead atoms. The zero-order chi connectivity index (χ0) is 11.5. The Morgan fingerprint density at radius 3 is 2.44 bits per heavy atom. The van der Waals surface area contributed by atoms with E-state index in [9.17, 15) is 4.39 Å². The standard InChI is InChI=1S/C13H12FNO/c1-9-3-2-4-12(13(9)14)16-11-7-5-10(15)6-8-11/h2-8H,15H2,1H3. The molecule has 0 aliphatic carbocycles. The molecule has 0 aliphatic heterocycles. The number of halogens is 1. The van der Waals surface area contributed by atoms with Crippen molar-refractivity contribution >= 4 is 5.69 Å². The van der Waals surface area contributed by atoms with Crippen LogP contribution in [0.25, 0.3) is 0 Å². The topological polar surface area (TPSA) is 35.2 Å². The van der Waals surface area contributed by atoms with E-state index in [0.29, 0.717) is 17.0 Å². The van der Waals surface area contributed by atoms with Crippen molar-refractivity contribution in [2.75, 3.05) is 5.73 Å². The highest BCUT2D eigenvalue weighted by atomic mass is 19.1. The molecular formula is C13H12FNO. The molecule has 2 N–H and O–H groups in total. The summed E-state index contributed by atoms with van der Waals surface area (Å²) in [5, 5.41) is 0. The predicted octanol–water partition coefficient (Wildman–Crippen LogP) is 3.51. The maximum atomic E-state index is 13.6. The number of anilines is 1. The molecule has 0 unspecified atom stereocenters. The fourth-order valence-electron chi connectivity index (χ4n) is 1.36. The van der Waals surface area contributed by atoms with Crippen LogP contribution >= 0.6 is 0 Å². The quantitative estimate of drug-likeness (QED) is 0.781. The monoisotopic (exact) mass is 217 g/mol. The summed E-state index contributed by atoms with van der Waals surface area (Å²) in [6, 6.07) is 11.9. The highest BCUT2D eigenvalue weighted by Gasteiger charge is 2.06. The van der Waals surface area contributed by atoms with E-state index in [4.69, 9.17) is 10.5 Å². The first-order chi connectivity index (χ1) is 7.66. The van der Waals surface area contributed by atoms with Gasteiger partial charge in [-0.15, -0.1) is 0 Å². The van der Waals surface area contributed by atoms with Crippen molar-refractivity contribution in [2.24, 2.45) is 0 Å². The van der Waals surface area contributed by atoms with E-state index in [-0.39, 0.29) is 11.6 Å². The second-order valence-corrected chi connectivity index (χ2v) is 3.56. The predicted molar refractivity (Wildman–Crippen MR) is 62.1 cm³/mol. The van der Waals surface area contributed by atoms with Crippen molar-refractivity contribution in [1.29, 1.82) is 0 Å². The lowest BCUT2D eigenvalue weighted by Gasteiger charge is -2.08. The van der Waals surface area contributed by atoms with Crippen molar-refractivity contribution in [3.05, 3.63) is 53.8 Å². The minimum Gasteiger partial charge on any atom is -0.454 e. The third-order valence-corrected chi connectivity index (χ3v) is 2.26. The maximum Gasteiger partial charge on any atom is 0.168 e. The van der Waals surface area contributed by atoms with Gasteiger partial charge in [0.2, 0.25) is 0 Å². The van der Waals surface area contributed by atoms with E-state index in [1.165, 1.54) is 0 Å². The SMILES string of the molecule is Cc1cccc(Oc2ccc(N)cc2)c1F. The average Bonchev–Trinajstić information content (AvgIpc) is 2.28. The van der Waals surface area contributed by atoms with Gasteiger partial charge in [-0.05, 0) is 42.8 Å². The third kappa shape index (κ3) is 2.14. The Morgan fingerprint density at radius 1 is 1.06 bits per heavy atom. The van der Waals surface area contributed by atoms with Crippen molar-refractivity contribution in [2.45, 2.75) is 6.92 Å².